The SMILES string of the molecule is c1cncc(-c2ccc(-c3nc(-c4ccc5oc6ccccc6c5c4)cc(-c4cc5ccccc5c5ccccc45)n3)cc2)c1. The molecule has 3 heterocycles. The summed E-state index contributed by atoms with van der Waals surface area (Å²) in [5.74, 6) is 0.676. The maximum Gasteiger partial charge on any atom is 0.160 e. The molecule has 3 aromatic heterocycles. The highest BCUT2D eigenvalue weighted by Crippen LogP contribution is 2.38. The predicted octanol–water partition coefficient (Wildman–Crippen LogP) is 10.7. The van der Waals surface area contributed by atoms with Gasteiger partial charge in [0.2, 0.25) is 0 Å². The lowest BCUT2D eigenvalue weighted by Crippen LogP contribution is -1.97. The van der Waals surface area contributed by atoms with E-state index in [1.807, 2.05) is 36.5 Å². The molecule has 9 rings (SSSR count). The number of para-hydroxylation sites is 1. The monoisotopic (exact) mass is 575 g/mol. The minimum absolute atomic E-state index is 0.676. The van der Waals surface area contributed by atoms with Crippen molar-refractivity contribution < 1.29 is 4.42 Å². The Balaban J connectivity index is 1.27. The first kappa shape index (κ1) is 25.4. The van der Waals surface area contributed by atoms with Gasteiger partial charge in [0.1, 0.15) is 11.2 Å². The van der Waals surface area contributed by atoms with Crippen molar-refractivity contribution in [3.8, 4) is 45.0 Å². The summed E-state index contributed by atoms with van der Waals surface area (Å²) >= 11 is 0. The van der Waals surface area contributed by atoms with Crippen LogP contribution in [-0.2, 0) is 0 Å². The highest BCUT2D eigenvalue weighted by atomic mass is 16.3. The molecule has 0 amide bonds. The van der Waals surface area contributed by atoms with E-state index in [2.05, 4.69) is 114 Å². The normalized spacial score (nSPS) is 11.6. The Morgan fingerprint density at radius 2 is 1.11 bits per heavy atom. The molecule has 0 spiro atoms. The Kier molecular flexibility index (Phi) is 5.78. The second kappa shape index (κ2) is 10.2. The molecule has 0 saturated carbocycles. The number of aromatic nitrogens is 3. The molecule has 0 atom stereocenters. The molecule has 45 heavy (non-hydrogen) atoms. The van der Waals surface area contributed by atoms with E-state index in [4.69, 9.17) is 14.4 Å². The van der Waals surface area contributed by atoms with Crippen LogP contribution in [0.15, 0.2) is 156 Å². The molecule has 210 valence electrons. The zero-order valence-corrected chi connectivity index (χ0v) is 24.2. The Hall–Kier alpha value is -6.13. The smallest absolute Gasteiger partial charge is 0.160 e. The van der Waals surface area contributed by atoms with Crippen LogP contribution in [0.3, 0.4) is 0 Å². The number of hydrogen-bond donors (Lipinski definition) is 0. The fraction of sp³-hybridized carbons (Fsp3) is 0. The number of furan rings is 1. The molecule has 0 unspecified atom stereocenters. The van der Waals surface area contributed by atoms with Crippen molar-refractivity contribution in [2.24, 2.45) is 0 Å². The van der Waals surface area contributed by atoms with Crippen LogP contribution < -0.4 is 0 Å². The molecule has 0 N–H and O–H groups in total. The van der Waals surface area contributed by atoms with E-state index in [0.29, 0.717) is 5.82 Å². The summed E-state index contributed by atoms with van der Waals surface area (Å²) in [6.45, 7) is 0. The van der Waals surface area contributed by atoms with Gasteiger partial charge in [0, 0.05) is 39.9 Å². The third-order valence-corrected chi connectivity index (χ3v) is 8.58. The first-order valence-corrected chi connectivity index (χ1v) is 15.0. The molecule has 4 nitrogen and oxygen atoms in total. The second-order valence-corrected chi connectivity index (χ2v) is 11.3. The average Bonchev–Trinajstić information content (AvgIpc) is 3.49. The highest BCUT2D eigenvalue weighted by Gasteiger charge is 2.16. The van der Waals surface area contributed by atoms with E-state index in [1.165, 1.54) is 16.2 Å². The summed E-state index contributed by atoms with van der Waals surface area (Å²) in [6, 6.07) is 48.4. The van der Waals surface area contributed by atoms with Crippen LogP contribution in [0, 0.1) is 0 Å². The Morgan fingerprint density at radius 3 is 1.96 bits per heavy atom. The molecular weight excluding hydrogens is 550 g/mol. The van der Waals surface area contributed by atoms with Crippen LogP contribution in [0.1, 0.15) is 0 Å². The van der Waals surface area contributed by atoms with Crippen LogP contribution in [-0.4, -0.2) is 15.0 Å². The Bertz CT molecular complexity index is 2530. The third kappa shape index (κ3) is 4.35. The van der Waals surface area contributed by atoms with E-state index in [9.17, 15) is 0 Å². The summed E-state index contributed by atoms with van der Waals surface area (Å²) in [4.78, 5) is 14.7. The van der Waals surface area contributed by atoms with Crippen LogP contribution in [0.25, 0.3) is 88.5 Å². The zero-order chi connectivity index (χ0) is 29.7. The number of fused-ring (bicyclic) bond motifs is 6. The van der Waals surface area contributed by atoms with Gasteiger partial charge in [0.05, 0.1) is 11.4 Å². The summed E-state index contributed by atoms with van der Waals surface area (Å²) in [5, 5.41) is 6.95. The van der Waals surface area contributed by atoms with E-state index in [0.717, 1.165) is 66.5 Å². The molecule has 0 aliphatic heterocycles. The molecule has 0 radical (unpaired) electrons. The fourth-order valence-corrected chi connectivity index (χ4v) is 6.36. The van der Waals surface area contributed by atoms with Crippen molar-refractivity contribution in [2.45, 2.75) is 0 Å². The van der Waals surface area contributed by atoms with E-state index in [1.54, 1.807) is 6.20 Å². The van der Waals surface area contributed by atoms with Crippen molar-refractivity contribution in [1.82, 2.24) is 15.0 Å². The summed E-state index contributed by atoms with van der Waals surface area (Å²) in [7, 11) is 0. The van der Waals surface area contributed by atoms with Gasteiger partial charge in [0.25, 0.3) is 0 Å². The van der Waals surface area contributed by atoms with Crippen LogP contribution >= 0.6 is 0 Å². The predicted molar refractivity (Wildman–Crippen MR) is 184 cm³/mol. The second-order valence-electron chi connectivity index (χ2n) is 11.3. The molecule has 0 saturated heterocycles. The van der Waals surface area contributed by atoms with Gasteiger partial charge in [-0.1, -0.05) is 97.1 Å². The van der Waals surface area contributed by atoms with Crippen LogP contribution in [0.5, 0.6) is 0 Å². The zero-order valence-electron chi connectivity index (χ0n) is 24.2. The number of benzene rings is 6. The largest absolute Gasteiger partial charge is 0.456 e. The molecule has 0 aliphatic rings. The fourth-order valence-electron chi connectivity index (χ4n) is 6.36. The molecule has 0 aliphatic carbocycles. The molecular formula is C41H25N3O. The highest BCUT2D eigenvalue weighted by molar-refractivity contribution is 6.13. The minimum Gasteiger partial charge on any atom is -0.456 e. The van der Waals surface area contributed by atoms with Gasteiger partial charge in [-0.25, -0.2) is 9.97 Å². The van der Waals surface area contributed by atoms with Gasteiger partial charge < -0.3 is 4.42 Å². The summed E-state index contributed by atoms with van der Waals surface area (Å²) in [6.07, 6.45) is 3.67. The molecule has 9 aromatic rings. The van der Waals surface area contributed by atoms with Gasteiger partial charge in [-0.2, -0.15) is 0 Å². The molecule has 0 fully saturated rings. The number of pyridine rings is 1. The first-order valence-electron chi connectivity index (χ1n) is 15.0. The van der Waals surface area contributed by atoms with Gasteiger partial charge >= 0.3 is 0 Å². The third-order valence-electron chi connectivity index (χ3n) is 8.58. The minimum atomic E-state index is 0.676. The quantitative estimate of drug-likeness (QED) is 0.196. The van der Waals surface area contributed by atoms with Crippen molar-refractivity contribution in [2.75, 3.05) is 0 Å². The maximum absolute atomic E-state index is 6.13. The van der Waals surface area contributed by atoms with Crippen LogP contribution in [0.2, 0.25) is 0 Å². The lowest BCUT2D eigenvalue weighted by Gasteiger charge is -2.13. The van der Waals surface area contributed by atoms with E-state index >= 15 is 0 Å². The van der Waals surface area contributed by atoms with Crippen molar-refractivity contribution in [3.63, 3.8) is 0 Å². The number of hydrogen-bond acceptors (Lipinski definition) is 4. The van der Waals surface area contributed by atoms with Gasteiger partial charge in [-0.05, 0) is 75.1 Å². The van der Waals surface area contributed by atoms with Crippen LogP contribution in [0.4, 0.5) is 0 Å². The van der Waals surface area contributed by atoms with Gasteiger partial charge in [-0.3, -0.25) is 4.98 Å². The van der Waals surface area contributed by atoms with Crippen molar-refractivity contribution in [3.05, 3.63) is 152 Å². The lowest BCUT2D eigenvalue weighted by atomic mass is 9.95. The number of nitrogens with zero attached hydrogens (tertiary/aromatic N) is 3. The average molecular weight is 576 g/mol. The lowest BCUT2D eigenvalue weighted by molar-refractivity contribution is 0.669. The molecule has 4 heteroatoms. The molecule has 0 bridgehead atoms. The topological polar surface area (TPSA) is 51.8 Å². The standard InChI is InChI=1S/C41H25N3O/c1-2-10-31-28(8-1)22-35(33-12-4-3-11-32(31)33)38-24-37(29-19-20-40-36(23-29)34-13-5-6-14-39(34)45-40)43-41(44-38)27-17-15-26(16-18-27)30-9-7-21-42-25-30/h1-25H. The number of rotatable bonds is 4. The Labute approximate surface area is 259 Å². The molecule has 6 aromatic carbocycles. The Morgan fingerprint density at radius 1 is 0.422 bits per heavy atom. The van der Waals surface area contributed by atoms with Gasteiger partial charge in [-0.15, -0.1) is 0 Å². The van der Waals surface area contributed by atoms with Gasteiger partial charge in [0.15, 0.2) is 5.82 Å². The van der Waals surface area contributed by atoms with Crippen molar-refractivity contribution in [1.29, 1.82) is 0 Å². The first-order chi connectivity index (χ1) is 22.3. The summed E-state index contributed by atoms with van der Waals surface area (Å²) < 4.78 is 6.13. The van der Waals surface area contributed by atoms with Crippen molar-refractivity contribution >= 4 is 43.5 Å². The maximum atomic E-state index is 6.13. The van der Waals surface area contributed by atoms with E-state index in [-0.39, 0.29) is 0 Å². The summed E-state index contributed by atoms with van der Waals surface area (Å²) in [5.41, 5.74) is 8.69. The van der Waals surface area contributed by atoms with E-state index < -0.39 is 0 Å².